The first-order valence-corrected chi connectivity index (χ1v) is 13.3. The van der Waals surface area contributed by atoms with Gasteiger partial charge in [0.15, 0.2) is 0 Å². The summed E-state index contributed by atoms with van der Waals surface area (Å²) in [4.78, 5) is 6.90. The molecule has 4 aromatic carbocycles. The van der Waals surface area contributed by atoms with Crippen molar-refractivity contribution in [3.63, 3.8) is 0 Å². The molecule has 4 aromatic rings. The summed E-state index contributed by atoms with van der Waals surface area (Å²) in [6, 6.07) is 41.0. The van der Waals surface area contributed by atoms with Gasteiger partial charge in [-0.1, -0.05) is 0 Å². The van der Waals surface area contributed by atoms with Gasteiger partial charge in [0, 0.05) is 0 Å². The van der Waals surface area contributed by atoms with Crippen molar-refractivity contribution < 1.29 is 9.81 Å². The zero-order valence-corrected chi connectivity index (χ0v) is 21.7. The van der Waals surface area contributed by atoms with Gasteiger partial charge in [-0.2, -0.15) is 0 Å². The van der Waals surface area contributed by atoms with E-state index in [1.807, 2.05) is 48.5 Å². The Morgan fingerprint density at radius 2 is 1.08 bits per heavy atom. The number of hydrogen-bond donors (Lipinski definition) is 1. The minimum absolute atomic E-state index is 0.150. The Labute approximate surface area is 227 Å². The summed E-state index contributed by atoms with van der Waals surface area (Å²) < 4.78 is 11.1. The summed E-state index contributed by atoms with van der Waals surface area (Å²) in [6.45, 7) is 1.43. The Bertz CT molecular complexity index is 1200. The molecule has 192 valence electrons. The number of aliphatic hydroxyl groups excluding tert-OH is 1. The van der Waals surface area contributed by atoms with E-state index in [9.17, 15) is 9.81 Å². The third-order valence-corrected chi connectivity index (χ3v) is 6.84. The number of aliphatic hydroxyl groups is 1. The van der Waals surface area contributed by atoms with Gasteiger partial charge in [0.2, 0.25) is 0 Å². The zero-order valence-electron chi connectivity index (χ0n) is 21.7. The molecule has 1 N–H and O–H groups in total. The molecule has 0 unspecified atom stereocenters. The Morgan fingerprint density at radius 1 is 0.658 bits per heavy atom. The fourth-order valence-corrected chi connectivity index (χ4v) is 4.97. The van der Waals surface area contributed by atoms with E-state index in [2.05, 4.69) is 82.7 Å². The van der Waals surface area contributed by atoms with E-state index in [1.165, 1.54) is 22.8 Å². The summed E-state index contributed by atoms with van der Waals surface area (Å²) >= 11 is 0. The Morgan fingerprint density at radius 3 is 1.53 bits per heavy atom. The summed E-state index contributed by atoms with van der Waals surface area (Å²) in [7, 11) is 0.711. The molecule has 0 aliphatic carbocycles. The van der Waals surface area contributed by atoms with Crippen LogP contribution in [0.15, 0.2) is 126 Å². The van der Waals surface area contributed by atoms with Crippen LogP contribution >= 0.6 is 0 Å². The van der Waals surface area contributed by atoms with Gasteiger partial charge in [-0.3, -0.25) is 0 Å². The van der Waals surface area contributed by atoms with Crippen molar-refractivity contribution in [2.45, 2.75) is 50.5 Å². The van der Waals surface area contributed by atoms with E-state index >= 15 is 0 Å². The fraction of sp³-hybridized carbons (Fsp3) is 0.242. The first-order valence-electron chi connectivity index (χ1n) is 13.3. The number of hydrogen-bond acceptors (Lipinski definition) is 4. The van der Waals surface area contributed by atoms with Crippen molar-refractivity contribution in [1.29, 1.82) is 0 Å². The van der Waals surface area contributed by atoms with Crippen LogP contribution in [-0.2, 0) is 30.6 Å². The van der Waals surface area contributed by atoms with Crippen LogP contribution in [0, 0.1) is 0 Å². The number of rotatable bonds is 14. The number of benzene rings is 4. The predicted molar refractivity (Wildman–Crippen MR) is 156 cm³/mol. The van der Waals surface area contributed by atoms with Crippen LogP contribution in [0.25, 0.3) is 0 Å². The maximum absolute atomic E-state index is 11.8. The van der Waals surface area contributed by atoms with Gasteiger partial charge >= 0.3 is 227 Å². The van der Waals surface area contributed by atoms with Crippen molar-refractivity contribution in [3.8, 4) is 0 Å². The molecule has 0 bridgehead atoms. The van der Waals surface area contributed by atoms with Crippen LogP contribution in [0.5, 0.6) is 0 Å². The van der Waals surface area contributed by atoms with Gasteiger partial charge in [-0.25, -0.2) is 0 Å². The van der Waals surface area contributed by atoms with Crippen molar-refractivity contribution in [3.05, 3.63) is 144 Å². The Kier molecular flexibility index (Phi) is 10.7. The molecular weight excluding hydrogens is 467 g/mol. The summed E-state index contributed by atoms with van der Waals surface area (Å²) in [6.07, 6.45) is 2.49. The van der Waals surface area contributed by atoms with E-state index in [-0.39, 0.29) is 12.1 Å². The van der Waals surface area contributed by atoms with Crippen LogP contribution in [0.2, 0.25) is 0 Å². The van der Waals surface area contributed by atoms with Crippen LogP contribution in [0.4, 0.5) is 0 Å². The molecule has 38 heavy (non-hydrogen) atoms. The van der Waals surface area contributed by atoms with Crippen molar-refractivity contribution >= 4 is 13.3 Å². The van der Waals surface area contributed by atoms with E-state index < -0.39 is 6.10 Å². The molecule has 0 aliphatic rings. The second kappa shape index (κ2) is 14.9. The quantitative estimate of drug-likeness (QED) is 0.177. The van der Waals surface area contributed by atoms with Crippen LogP contribution in [0.1, 0.15) is 28.7 Å². The molecule has 0 saturated carbocycles. The van der Waals surface area contributed by atoms with Crippen molar-refractivity contribution in [2.24, 2.45) is 4.99 Å². The maximum atomic E-state index is 11.8. The Balaban J connectivity index is 1.64. The third kappa shape index (κ3) is 8.72. The standard InChI is InChI=1S/C33H35BN2O2/c37-33(23-31(35-26-34-38)21-27-13-5-1-6-14-27)32(22-28-15-7-2-8-16-28)36(24-29-17-9-3-10-18-29)25-30-19-11-4-12-20-30/h1-20,26,31-33,37H,21-25H2/t31-,32-,33-/m0/s1. The normalized spacial score (nSPS) is 13.7. The number of nitrogens with zero attached hydrogens (tertiary/aromatic N) is 2. The molecule has 0 radical (unpaired) electrons. The molecule has 0 aromatic heterocycles. The molecule has 0 heterocycles. The molecule has 4 rings (SSSR count). The van der Waals surface area contributed by atoms with Crippen LogP contribution < -0.4 is 0 Å². The summed E-state index contributed by atoms with van der Waals surface area (Å²) in [5.41, 5.74) is 4.72. The van der Waals surface area contributed by atoms with Gasteiger partial charge in [-0.15, -0.1) is 0 Å². The molecule has 5 heteroatoms. The van der Waals surface area contributed by atoms with E-state index in [1.54, 1.807) is 0 Å². The zero-order chi connectivity index (χ0) is 26.4. The summed E-state index contributed by atoms with van der Waals surface area (Å²) in [5, 5.41) is 11.8. The van der Waals surface area contributed by atoms with Gasteiger partial charge in [-0.05, 0) is 0 Å². The minimum atomic E-state index is -0.653. The van der Waals surface area contributed by atoms with Crippen LogP contribution in [0.3, 0.4) is 0 Å². The Hall–Kier alpha value is -3.67. The molecule has 0 fully saturated rings. The molecule has 0 aliphatic heterocycles. The molecule has 4 nitrogen and oxygen atoms in total. The van der Waals surface area contributed by atoms with Gasteiger partial charge in [0.1, 0.15) is 0 Å². The predicted octanol–water partition coefficient (Wildman–Crippen LogP) is 5.74. The van der Waals surface area contributed by atoms with Crippen molar-refractivity contribution in [2.75, 3.05) is 0 Å². The van der Waals surface area contributed by atoms with E-state index in [0.717, 1.165) is 5.56 Å². The van der Waals surface area contributed by atoms with E-state index in [4.69, 9.17) is 0 Å². The average Bonchev–Trinajstić information content (AvgIpc) is 2.96. The molecule has 0 saturated heterocycles. The molecular formula is C33H35BN2O2. The number of aliphatic imine (C=N–C) groups is 1. The van der Waals surface area contributed by atoms with Crippen LogP contribution in [-0.4, -0.2) is 41.5 Å². The van der Waals surface area contributed by atoms with Gasteiger partial charge in [0.25, 0.3) is 0 Å². The molecule has 0 amide bonds. The third-order valence-electron chi connectivity index (χ3n) is 6.84. The fourth-order valence-electron chi connectivity index (χ4n) is 4.97. The monoisotopic (exact) mass is 502 g/mol. The van der Waals surface area contributed by atoms with Gasteiger partial charge < -0.3 is 0 Å². The molecule has 3 atom stereocenters. The SMILES string of the molecule is O=BC=N[C@@H](Cc1ccccc1)C[C@H](O)[C@H](Cc1ccccc1)N(Cc1ccccc1)Cc1ccccc1. The second-order valence-corrected chi connectivity index (χ2v) is 9.71. The second-order valence-electron chi connectivity index (χ2n) is 9.71. The van der Waals surface area contributed by atoms with Gasteiger partial charge in [0.05, 0.1) is 0 Å². The molecule has 0 spiro atoms. The topological polar surface area (TPSA) is 52.9 Å². The van der Waals surface area contributed by atoms with E-state index in [0.29, 0.717) is 39.5 Å². The average molecular weight is 502 g/mol. The first-order chi connectivity index (χ1) is 18.7. The summed E-state index contributed by atoms with van der Waals surface area (Å²) in [5.74, 6) is 0. The van der Waals surface area contributed by atoms with Crippen molar-refractivity contribution in [1.82, 2.24) is 4.90 Å². The first kappa shape index (κ1) is 27.4.